The van der Waals surface area contributed by atoms with Crippen LogP contribution < -0.4 is 70.0 Å². The molecular formula is C62H86N18O14S. The second kappa shape index (κ2) is 38.1. The van der Waals surface area contributed by atoms with E-state index in [9.17, 15) is 67.7 Å². The number of para-hydroxylation sites is 1. The maximum Gasteiger partial charge on any atom is 0.245 e. The highest BCUT2D eigenvalue weighted by atomic mass is 32.1. The summed E-state index contributed by atoms with van der Waals surface area (Å²) in [6.45, 7) is 3.72. The lowest BCUT2D eigenvalue weighted by Gasteiger charge is -2.28. The first kappa shape index (κ1) is 75.5. The van der Waals surface area contributed by atoms with Crippen LogP contribution >= 0.6 is 12.6 Å². The quantitative estimate of drug-likeness (QED) is 0.00674. The number of hydrogen-bond acceptors (Lipinski definition) is 17. The molecule has 1 saturated heterocycles. The molecule has 9 atom stereocenters. The van der Waals surface area contributed by atoms with E-state index in [1.807, 2.05) is 0 Å². The summed E-state index contributed by atoms with van der Waals surface area (Å²) in [6.07, 6.45) is 9.80. The van der Waals surface area contributed by atoms with Crippen molar-refractivity contribution in [1.29, 1.82) is 5.41 Å². The molecule has 33 heteroatoms. The lowest BCUT2D eigenvalue weighted by Crippen LogP contribution is -2.61. The molecule has 95 heavy (non-hydrogen) atoms. The minimum Gasteiger partial charge on any atom is -0.508 e. The zero-order valence-corrected chi connectivity index (χ0v) is 53.9. The molecule has 0 radical (unpaired) electrons. The Morgan fingerprint density at radius 1 is 0.716 bits per heavy atom. The van der Waals surface area contributed by atoms with Gasteiger partial charge in [-0.05, 0) is 73.8 Å². The monoisotopic (exact) mass is 1340 g/mol. The first-order valence-corrected chi connectivity index (χ1v) is 31.6. The maximum absolute atomic E-state index is 14.6. The number of phenols is 1. The standard InChI is InChI=1S/C62H86N18O14S/c1-5-21-67-53(86)42(19-20-50(63)83)73-59(92)46(27-37-29-66-33-71-37)77-58(91)45(26-36-28-69-40-12-8-7-11-39(36)40)76-60(93)47(31-81)78-57(90)44(25-35-15-17-38(82)18-16-35)72-51(84)30-70-54(87)48(32-95)79-56(89)43(24-34(3)4)75-55(88)41(13-9-22-68-62(64)65)74-61(94)49-14-10-23-80(49)52(85)6-2/h1,7-8,11-12,15-18,28-29,33-34,41-49,69,81-82,95H,6,9-10,13-14,19-27,30-32H2,2-4H3,(H2,63,83)(H,66,71)(H,67,86)(H,70,87)(H,72,84)(H,73,92)(H,74,94)(H,75,88)(H,76,93)(H,77,91)(H,78,90)(H,79,89)(H4,64,65,68)/t41-,42-,43-,44-,45-,46-,47-,48+,49-/m0/s1. The molecule has 3 heterocycles. The zero-order chi connectivity index (χ0) is 69.7. The average molecular weight is 1340 g/mol. The fourth-order valence-electron chi connectivity index (χ4n) is 10.3. The van der Waals surface area contributed by atoms with Gasteiger partial charge in [-0.2, -0.15) is 12.6 Å². The van der Waals surface area contributed by atoms with Crippen molar-refractivity contribution in [3.05, 3.63) is 84.1 Å². The number of nitrogens with zero attached hydrogens (tertiary/aromatic N) is 2. The highest BCUT2D eigenvalue weighted by Gasteiger charge is 2.38. The number of guanidine groups is 1. The molecule has 0 unspecified atom stereocenters. The topological polar surface area (TPSA) is 501 Å². The number of imidazole rings is 1. The van der Waals surface area contributed by atoms with Crippen LogP contribution in [0.2, 0.25) is 0 Å². The second-order valence-corrected chi connectivity index (χ2v) is 23.3. The third-order valence-corrected chi connectivity index (χ3v) is 15.6. The van der Waals surface area contributed by atoms with Crippen LogP contribution in [0.3, 0.4) is 0 Å². The van der Waals surface area contributed by atoms with Gasteiger partial charge in [0.1, 0.15) is 60.1 Å². The number of aromatic amines is 2. The predicted octanol–water partition coefficient (Wildman–Crippen LogP) is -3.73. The van der Waals surface area contributed by atoms with Crippen LogP contribution in [0.15, 0.2) is 67.3 Å². The molecule has 1 aliphatic heterocycles. The number of aromatic hydroxyl groups is 1. The van der Waals surface area contributed by atoms with E-state index < -0.39 is 133 Å². The Labute approximate surface area is 553 Å². The van der Waals surface area contributed by atoms with Crippen molar-refractivity contribution in [1.82, 2.24) is 78.3 Å². The largest absolute Gasteiger partial charge is 0.508 e. The number of fused-ring (bicyclic) bond motifs is 1. The van der Waals surface area contributed by atoms with E-state index in [0.29, 0.717) is 47.1 Å². The molecule has 0 bridgehead atoms. The summed E-state index contributed by atoms with van der Waals surface area (Å²) in [5.41, 5.74) is 12.7. The Balaban J connectivity index is 1.31. The third-order valence-electron chi connectivity index (χ3n) is 15.2. The second-order valence-electron chi connectivity index (χ2n) is 23.0. The maximum atomic E-state index is 14.6. The van der Waals surface area contributed by atoms with Crippen molar-refractivity contribution in [2.75, 3.05) is 38.5 Å². The van der Waals surface area contributed by atoms with Crippen molar-refractivity contribution in [2.24, 2.45) is 17.4 Å². The number of carbonyl (C=O) groups is 12. The summed E-state index contributed by atoms with van der Waals surface area (Å²) in [5, 5.41) is 57.0. The fourth-order valence-corrected chi connectivity index (χ4v) is 10.6. The van der Waals surface area contributed by atoms with Crippen molar-refractivity contribution < 1.29 is 67.7 Å². The van der Waals surface area contributed by atoms with Gasteiger partial charge in [0.05, 0.1) is 26.0 Å². The molecule has 4 aromatic rings. The normalized spacial score (nSPS) is 15.1. The van der Waals surface area contributed by atoms with Crippen LogP contribution in [0, 0.1) is 23.7 Å². The molecule has 5 rings (SSSR count). The van der Waals surface area contributed by atoms with E-state index in [0.717, 1.165) is 0 Å². The van der Waals surface area contributed by atoms with Gasteiger partial charge in [-0.1, -0.05) is 57.0 Å². The fraction of sp³-hybridized carbons (Fsp3) is 0.484. The van der Waals surface area contributed by atoms with Crippen LogP contribution in [-0.4, -0.2) is 200 Å². The molecule has 1 aliphatic rings. The SMILES string of the molecule is C#CCNC(=O)[C@H](CCC(N)=O)NC(=O)[C@H](Cc1cnc[nH]1)NC(=O)[C@H](Cc1c[nH]c2ccccc12)NC(=O)[C@H](CO)NC(=O)[C@H](Cc1ccc(O)cc1)NC(=O)CNC(=O)[C@@H](CS)NC(=O)[C@H](CC(C)C)NC(=O)[C@H](CCCNC(=N)N)NC(=O)[C@@H]1CCCN1C(=O)CC. The Morgan fingerprint density at radius 2 is 1.31 bits per heavy atom. The van der Waals surface area contributed by atoms with Crippen LogP contribution in [0.4, 0.5) is 0 Å². The van der Waals surface area contributed by atoms with Crippen LogP contribution in [0.25, 0.3) is 10.9 Å². The number of primary amides is 1. The lowest BCUT2D eigenvalue weighted by atomic mass is 10.0. The number of thiol groups is 1. The molecule has 32 nitrogen and oxygen atoms in total. The minimum absolute atomic E-state index is 0.0412. The molecule has 2 aromatic carbocycles. The summed E-state index contributed by atoms with van der Waals surface area (Å²) in [6, 6.07) is 0.107. The Hall–Kier alpha value is -10.2. The summed E-state index contributed by atoms with van der Waals surface area (Å²) in [5.74, 6) is -8.41. The minimum atomic E-state index is -1.82. The van der Waals surface area contributed by atoms with E-state index in [4.69, 9.17) is 23.3 Å². The third kappa shape index (κ3) is 24.3. The molecule has 514 valence electrons. The van der Waals surface area contributed by atoms with E-state index >= 15 is 0 Å². The first-order valence-electron chi connectivity index (χ1n) is 30.9. The van der Waals surface area contributed by atoms with Gasteiger partial charge in [0, 0.05) is 79.9 Å². The Kier molecular flexibility index (Phi) is 30.3. The summed E-state index contributed by atoms with van der Waals surface area (Å²) in [7, 11) is 0. The smallest absolute Gasteiger partial charge is 0.245 e. The number of aromatic nitrogens is 3. The van der Waals surface area contributed by atoms with Gasteiger partial charge in [0.2, 0.25) is 70.9 Å². The van der Waals surface area contributed by atoms with Crippen molar-refractivity contribution in [3.63, 3.8) is 0 Å². The van der Waals surface area contributed by atoms with Gasteiger partial charge in [-0.3, -0.25) is 62.9 Å². The number of phenolic OH excluding ortho intramolecular Hbond substituents is 1. The van der Waals surface area contributed by atoms with Crippen LogP contribution in [0.1, 0.15) is 89.0 Å². The number of H-pyrrole nitrogens is 2. The highest BCUT2D eigenvalue weighted by molar-refractivity contribution is 7.80. The molecule has 0 aliphatic carbocycles. The van der Waals surface area contributed by atoms with Gasteiger partial charge in [0.15, 0.2) is 5.96 Å². The molecule has 1 fully saturated rings. The van der Waals surface area contributed by atoms with E-state index in [2.05, 4.69) is 92.0 Å². The van der Waals surface area contributed by atoms with Gasteiger partial charge < -0.3 is 95.0 Å². The molecule has 2 aromatic heterocycles. The van der Waals surface area contributed by atoms with E-state index in [-0.39, 0.29) is 100 Å². The molecular weight excluding hydrogens is 1250 g/mol. The summed E-state index contributed by atoms with van der Waals surface area (Å²) in [4.78, 5) is 176. The number of nitrogens with two attached hydrogens (primary N) is 2. The number of hydrogen-bond donors (Lipinski definition) is 19. The first-order chi connectivity index (χ1) is 45.3. The van der Waals surface area contributed by atoms with Gasteiger partial charge in [-0.15, -0.1) is 6.42 Å². The Bertz CT molecular complexity index is 3380. The number of terminal acetylenes is 1. The molecule has 12 amide bonds. The number of amides is 12. The van der Waals surface area contributed by atoms with Crippen molar-refractivity contribution in [3.8, 4) is 18.1 Å². The van der Waals surface area contributed by atoms with Crippen molar-refractivity contribution in [2.45, 2.75) is 146 Å². The van der Waals surface area contributed by atoms with E-state index in [1.165, 1.54) is 41.7 Å². The number of benzene rings is 2. The van der Waals surface area contributed by atoms with E-state index in [1.54, 1.807) is 51.2 Å². The number of carbonyl (C=O) groups excluding carboxylic acids is 12. The molecule has 0 spiro atoms. The van der Waals surface area contributed by atoms with Gasteiger partial charge >= 0.3 is 0 Å². The van der Waals surface area contributed by atoms with Crippen molar-refractivity contribution >= 4 is 100 Å². The number of aliphatic hydroxyl groups is 1. The average Bonchev–Trinajstić information content (AvgIpc) is 1.76. The number of aliphatic hydroxyl groups excluding tert-OH is 1. The zero-order valence-electron chi connectivity index (χ0n) is 53.0. The number of rotatable bonds is 38. The highest BCUT2D eigenvalue weighted by Crippen LogP contribution is 2.21. The molecule has 0 saturated carbocycles. The number of likely N-dealkylation sites (tertiary alicyclic amines) is 1. The summed E-state index contributed by atoms with van der Waals surface area (Å²) >= 11 is 4.27. The van der Waals surface area contributed by atoms with Gasteiger partial charge in [0.25, 0.3) is 0 Å². The van der Waals surface area contributed by atoms with Crippen LogP contribution in [-0.2, 0) is 76.8 Å². The van der Waals surface area contributed by atoms with Crippen LogP contribution in [0.5, 0.6) is 5.75 Å². The Morgan fingerprint density at radius 3 is 1.93 bits per heavy atom. The lowest BCUT2D eigenvalue weighted by molar-refractivity contribution is -0.139. The predicted molar refractivity (Wildman–Crippen MR) is 349 cm³/mol. The number of nitrogens with one attached hydrogen (secondary N) is 14. The summed E-state index contributed by atoms with van der Waals surface area (Å²) < 4.78 is 0. The van der Waals surface area contributed by atoms with Gasteiger partial charge in [-0.25, -0.2) is 4.98 Å². The molecule has 20 N–H and O–H groups in total.